The Hall–Kier alpha value is -1.16. The molecule has 0 N–H and O–H groups in total. The molecular weight excluding hydrogens is 252 g/mol. The van der Waals surface area contributed by atoms with Gasteiger partial charge in [-0.25, -0.2) is 8.78 Å². The van der Waals surface area contributed by atoms with Crippen LogP contribution in [0.15, 0.2) is 23.2 Å². The van der Waals surface area contributed by atoms with E-state index in [4.69, 9.17) is 12.2 Å². The molecule has 0 fully saturated rings. The molecule has 18 heavy (non-hydrogen) atoms. The van der Waals surface area contributed by atoms with Gasteiger partial charge in [0.15, 0.2) is 0 Å². The van der Waals surface area contributed by atoms with Gasteiger partial charge in [-0.1, -0.05) is 33.0 Å². The molecule has 0 bridgehead atoms. The molecule has 0 saturated carbocycles. The van der Waals surface area contributed by atoms with Crippen molar-refractivity contribution in [1.29, 1.82) is 0 Å². The highest BCUT2D eigenvalue weighted by molar-refractivity contribution is 7.80. The highest BCUT2D eigenvalue weighted by atomic mass is 32.1. The van der Waals surface area contributed by atoms with E-state index in [1.807, 2.05) is 27.0 Å². The predicted octanol–water partition coefficient (Wildman–Crippen LogP) is 3.99. The fraction of sp³-hybridized carbons (Fsp3) is 0.429. The van der Waals surface area contributed by atoms with Crippen LogP contribution in [0.25, 0.3) is 0 Å². The van der Waals surface area contributed by atoms with Gasteiger partial charge >= 0.3 is 0 Å². The number of hydrogen-bond acceptors (Lipinski definition) is 2. The molecule has 0 saturated heterocycles. The largest absolute Gasteiger partial charge is 0.292 e. The lowest BCUT2D eigenvalue weighted by Crippen LogP contribution is -2.10. The van der Waals surface area contributed by atoms with Crippen LogP contribution >= 0.6 is 12.2 Å². The fourth-order valence-corrected chi connectivity index (χ4v) is 1.66. The molecular formula is C14H17F2NS. The summed E-state index contributed by atoms with van der Waals surface area (Å²) in [6.45, 7) is 6.54. The predicted molar refractivity (Wildman–Crippen MR) is 75.5 cm³/mol. The molecule has 0 spiro atoms. The topological polar surface area (TPSA) is 12.4 Å². The van der Waals surface area contributed by atoms with Crippen LogP contribution in [0, 0.1) is 17.0 Å². The van der Waals surface area contributed by atoms with Gasteiger partial charge < -0.3 is 0 Å². The summed E-state index contributed by atoms with van der Waals surface area (Å²) in [5.41, 5.74) is 0.559. The van der Waals surface area contributed by atoms with E-state index >= 15 is 0 Å². The number of nitrogens with zero attached hydrogens (tertiary/aromatic N) is 1. The van der Waals surface area contributed by atoms with Crippen LogP contribution in [0.5, 0.6) is 0 Å². The molecule has 0 aliphatic rings. The number of halogens is 2. The van der Waals surface area contributed by atoms with Crippen LogP contribution in [0.2, 0.25) is 0 Å². The second kappa shape index (κ2) is 6.14. The molecule has 0 amide bonds. The summed E-state index contributed by atoms with van der Waals surface area (Å²) in [7, 11) is 0. The van der Waals surface area contributed by atoms with Gasteiger partial charge in [0.2, 0.25) is 0 Å². The lowest BCUT2D eigenvalue weighted by molar-refractivity contribution is 0.581. The maximum absolute atomic E-state index is 13.0. The summed E-state index contributed by atoms with van der Waals surface area (Å²) in [6, 6.07) is 3.44. The van der Waals surface area contributed by atoms with Gasteiger partial charge in [0.25, 0.3) is 0 Å². The average molecular weight is 269 g/mol. The summed E-state index contributed by atoms with van der Waals surface area (Å²) in [6.07, 6.45) is 2.21. The number of aliphatic imine (C=N–C) groups is 1. The summed E-state index contributed by atoms with van der Waals surface area (Å²) in [5, 5.41) is 0. The Morgan fingerprint density at radius 1 is 1.22 bits per heavy atom. The highest BCUT2D eigenvalue weighted by Gasteiger charge is 2.06. The van der Waals surface area contributed by atoms with Crippen LogP contribution in [-0.2, 0) is 6.42 Å². The summed E-state index contributed by atoms with van der Waals surface area (Å²) in [4.78, 5) is 4.90. The minimum absolute atomic E-state index is 0.0145. The number of benzene rings is 1. The lowest BCUT2D eigenvalue weighted by Gasteiger charge is -2.10. The standard InChI is InChI=1S/C14H17F2NS/c1-14(2,3)9-17-8-13(18)6-10-4-11(15)7-12(16)5-10/h4-5,7,9H,6,8H2,1-3H3. The van der Waals surface area contributed by atoms with E-state index in [9.17, 15) is 8.78 Å². The lowest BCUT2D eigenvalue weighted by atomic mass is 9.99. The SMILES string of the molecule is CC(C)(C)C=NCC(=S)Cc1cc(F)cc(F)c1. The quantitative estimate of drug-likeness (QED) is 0.594. The third kappa shape index (κ3) is 5.96. The molecule has 1 aromatic carbocycles. The van der Waals surface area contributed by atoms with E-state index in [-0.39, 0.29) is 5.41 Å². The highest BCUT2D eigenvalue weighted by Crippen LogP contribution is 2.10. The molecule has 1 rings (SSSR count). The van der Waals surface area contributed by atoms with Gasteiger partial charge in [-0.2, -0.15) is 0 Å². The molecule has 0 aliphatic carbocycles. The van der Waals surface area contributed by atoms with Crippen LogP contribution in [0.3, 0.4) is 0 Å². The smallest absolute Gasteiger partial charge is 0.126 e. The minimum Gasteiger partial charge on any atom is -0.292 e. The molecule has 1 nitrogen and oxygen atoms in total. The third-order valence-corrected chi connectivity index (χ3v) is 2.34. The van der Waals surface area contributed by atoms with Crippen molar-refractivity contribution in [3.8, 4) is 0 Å². The van der Waals surface area contributed by atoms with Crippen molar-refractivity contribution in [2.45, 2.75) is 27.2 Å². The van der Waals surface area contributed by atoms with Crippen LogP contribution in [-0.4, -0.2) is 17.6 Å². The molecule has 1 aromatic rings. The van der Waals surface area contributed by atoms with E-state index < -0.39 is 11.6 Å². The Morgan fingerprint density at radius 2 is 1.78 bits per heavy atom. The van der Waals surface area contributed by atoms with Gasteiger partial charge in [-0.15, -0.1) is 0 Å². The Bertz CT molecular complexity index is 441. The van der Waals surface area contributed by atoms with E-state index in [2.05, 4.69) is 4.99 Å². The Morgan fingerprint density at radius 3 is 2.28 bits per heavy atom. The number of thiocarbonyl (C=S) groups is 1. The normalized spacial score (nSPS) is 12.1. The first-order valence-corrected chi connectivity index (χ1v) is 6.15. The molecule has 98 valence electrons. The maximum atomic E-state index is 13.0. The number of hydrogen-bond donors (Lipinski definition) is 0. The summed E-state index contributed by atoms with van der Waals surface area (Å²) < 4.78 is 25.9. The van der Waals surface area contributed by atoms with Gasteiger partial charge in [-0.05, 0) is 23.1 Å². The summed E-state index contributed by atoms with van der Waals surface area (Å²) >= 11 is 5.15. The fourth-order valence-electron chi connectivity index (χ4n) is 1.42. The Labute approximate surface area is 112 Å². The van der Waals surface area contributed by atoms with Crippen LogP contribution < -0.4 is 0 Å². The van der Waals surface area contributed by atoms with Gasteiger partial charge in [0, 0.05) is 23.6 Å². The molecule has 0 aromatic heterocycles. The van der Waals surface area contributed by atoms with Crippen molar-refractivity contribution in [3.05, 3.63) is 35.4 Å². The van der Waals surface area contributed by atoms with Gasteiger partial charge in [-0.3, -0.25) is 4.99 Å². The molecule has 0 heterocycles. The molecule has 4 heteroatoms. The molecule has 0 atom stereocenters. The zero-order valence-electron chi connectivity index (χ0n) is 10.8. The Balaban J connectivity index is 2.57. The number of rotatable bonds is 4. The molecule has 0 aliphatic heterocycles. The van der Waals surface area contributed by atoms with Crippen LogP contribution in [0.1, 0.15) is 26.3 Å². The first kappa shape index (κ1) is 14.9. The van der Waals surface area contributed by atoms with Crippen molar-refractivity contribution in [2.24, 2.45) is 10.4 Å². The minimum atomic E-state index is -0.578. The van der Waals surface area contributed by atoms with E-state index in [0.717, 1.165) is 6.07 Å². The van der Waals surface area contributed by atoms with Crippen molar-refractivity contribution in [1.82, 2.24) is 0 Å². The Kier molecular flexibility index (Phi) is 5.08. The second-order valence-corrected chi connectivity index (χ2v) is 5.91. The van der Waals surface area contributed by atoms with Gasteiger partial charge in [0.1, 0.15) is 11.6 Å². The second-order valence-electron chi connectivity index (χ2n) is 5.33. The van der Waals surface area contributed by atoms with Crippen LogP contribution in [0.4, 0.5) is 8.78 Å². The average Bonchev–Trinajstić information content (AvgIpc) is 2.12. The van der Waals surface area contributed by atoms with Crippen molar-refractivity contribution < 1.29 is 8.78 Å². The summed E-state index contributed by atoms with van der Waals surface area (Å²) in [5.74, 6) is -1.16. The molecule has 0 unspecified atom stereocenters. The van der Waals surface area contributed by atoms with Crippen molar-refractivity contribution in [3.63, 3.8) is 0 Å². The maximum Gasteiger partial charge on any atom is 0.126 e. The van der Waals surface area contributed by atoms with Crippen molar-refractivity contribution >= 4 is 23.3 Å². The van der Waals surface area contributed by atoms with Gasteiger partial charge in [0.05, 0.1) is 6.54 Å². The molecule has 0 radical (unpaired) electrons. The monoisotopic (exact) mass is 269 g/mol. The third-order valence-electron chi connectivity index (χ3n) is 2.07. The van der Waals surface area contributed by atoms with E-state index in [1.165, 1.54) is 12.1 Å². The van der Waals surface area contributed by atoms with Crippen molar-refractivity contribution in [2.75, 3.05) is 6.54 Å². The first-order valence-electron chi connectivity index (χ1n) is 5.74. The van der Waals surface area contributed by atoms with E-state index in [0.29, 0.717) is 23.4 Å². The first-order chi connectivity index (χ1) is 8.26. The van der Waals surface area contributed by atoms with E-state index in [1.54, 1.807) is 0 Å². The zero-order valence-corrected chi connectivity index (χ0v) is 11.7. The zero-order chi connectivity index (χ0) is 13.8.